The standard InChI is InChI=1S/C18H21BrN2O3S/c1-4-21(25(23,24)17-7-5-6-15(19)12-17)14(3)18(22)20-16-10-8-13(2)9-11-16/h5-12,14H,4H2,1-3H3,(H,20,22). The first kappa shape index (κ1) is 19.6. The number of carbonyl (C=O) groups excluding carboxylic acids is 1. The van der Waals surface area contributed by atoms with Gasteiger partial charge in [-0.1, -0.05) is 46.6 Å². The summed E-state index contributed by atoms with van der Waals surface area (Å²) in [5.41, 5.74) is 1.72. The van der Waals surface area contributed by atoms with Gasteiger partial charge in [0.2, 0.25) is 15.9 Å². The first-order chi connectivity index (χ1) is 11.8. The Labute approximate surface area is 157 Å². The number of benzene rings is 2. The lowest BCUT2D eigenvalue weighted by molar-refractivity contribution is -0.119. The molecule has 0 heterocycles. The minimum absolute atomic E-state index is 0.152. The van der Waals surface area contributed by atoms with Gasteiger partial charge in [0, 0.05) is 16.7 Å². The predicted octanol–water partition coefficient (Wildman–Crippen LogP) is 3.80. The van der Waals surface area contributed by atoms with Crippen LogP contribution >= 0.6 is 15.9 Å². The highest BCUT2D eigenvalue weighted by Crippen LogP contribution is 2.22. The molecule has 7 heteroatoms. The van der Waals surface area contributed by atoms with E-state index in [1.54, 1.807) is 38.1 Å². The van der Waals surface area contributed by atoms with Crippen LogP contribution in [0.1, 0.15) is 19.4 Å². The van der Waals surface area contributed by atoms with Crippen LogP contribution in [-0.4, -0.2) is 31.2 Å². The third kappa shape index (κ3) is 4.68. The van der Waals surface area contributed by atoms with Crippen LogP contribution in [0.15, 0.2) is 57.9 Å². The molecule has 5 nitrogen and oxygen atoms in total. The first-order valence-corrected chi connectivity index (χ1v) is 10.1. The van der Waals surface area contributed by atoms with E-state index in [1.165, 1.54) is 16.4 Å². The molecule has 0 aliphatic heterocycles. The zero-order valence-electron chi connectivity index (χ0n) is 14.4. The van der Waals surface area contributed by atoms with Gasteiger partial charge in [0.05, 0.1) is 4.90 Å². The van der Waals surface area contributed by atoms with Gasteiger partial charge in [-0.25, -0.2) is 8.42 Å². The Bertz CT molecular complexity index is 851. The molecule has 0 radical (unpaired) electrons. The summed E-state index contributed by atoms with van der Waals surface area (Å²) in [5, 5.41) is 2.76. The van der Waals surface area contributed by atoms with Crippen molar-refractivity contribution in [3.8, 4) is 0 Å². The van der Waals surface area contributed by atoms with E-state index >= 15 is 0 Å². The molecule has 2 rings (SSSR count). The molecule has 0 bridgehead atoms. The number of hydrogen-bond acceptors (Lipinski definition) is 3. The molecule has 0 aliphatic carbocycles. The van der Waals surface area contributed by atoms with Gasteiger partial charge < -0.3 is 5.32 Å². The third-order valence-corrected chi connectivity index (χ3v) is 6.38. The monoisotopic (exact) mass is 424 g/mol. The summed E-state index contributed by atoms with van der Waals surface area (Å²) in [4.78, 5) is 12.7. The van der Waals surface area contributed by atoms with Crippen molar-refractivity contribution in [2.45, 2.75) is 31.7 Å². The van der Waals surface area contributed by atoms with Crippen molar-refractivity contribution in [1.82, 2.24) is 4.31 Å². The van der Waals surface area contributed by atoms with Crippen molar-refractivity contribution in [1.29, 1.82) is 0 Å². The predicted molar refractivity (Wildman–Crippen MR) is 103 cm³/mol. The number of carbonyl (C=O) groups is 1. The Morgan fingerprint density at radius 1 is 1.20 bits per heavy atom. The van der Waals surface area contributed by atoms with Crippen molar-refractivity contribution in [3.05, 3.63) is 58.6 Å². The van der Waals surface area contributed by atoms with Gasteiger partial charge in [-0.15, -0.1) is 0 Å². The number of aryl methyl sites for hydroxylation is 1. The number of anilines is 1. The fourth-order valence-corrected chi connectivity index (χ4v) is 4.63. The summed E-state index contributed by atoms with van der Waals surface area (Å²) < 4.78 is 27.6. The average Bonchev–Trinajstić information content (AvgIpc) is 2.57. The molecule has 2 aromatic carbocycles. The first-order valence-electron chi connectivity index (χ1n) is 7.90. The van der Waals surface area contributed by atoms with E-state index in [1.807, 2.05) is 19.1 Å². The number of rotatable bonds is 6. The van der Waals surface area contributed by atoms with Crippen LogP contribution < -0.4 is 5.32 Å². The molecule has 0 fully saturated rings. The number of hydrogen-bond donors (Lipinski definition) is 1. The van der Waals surface area contributed by atoms with Crippen LogP contribution in [0.3, 0.4) is 0 Å². The highest BCUT2D eigenvalue weighted by Gasteiger charge is 2.31. The molecule has 25 heavy (non-hydrogen) atoms. The molecular weight excluding hydrogens is 404 g/mol. The smallest absolute Gasteiger partial charge is 0.243 e. The fourth-order valence-electron chi connectivity index (χ4n) is 2.43. The summed E-state index contributed by atoms with van der Waals surface area (Å²) in [5.74, 6) is -0.371. The lowest BCUT2D eigenvalue weighted by Crippen LogP contribution is -2.45. The van der Waals surface area contributed by atoms with Gasteiger partial charge in [-0.3, -0.25) is 4.79 Å². The lowest BCUT2D eigenvalue weighted by Gasteiger charge is -2.26. The van der Waals surface area contributed by atoms with Gasteiger partial charge in [0.1, 0.15) is 6.04 Å². The molecule has 2 aromatic rings. The number of likely N-dealkylation sites (N-methyl/N-ethyl adjacent to an activating group) is 1. The van der Waals surface area contributed by atoms with Gasteiger partial charge in [-0.2, -0.15) is 4.31 Å². The maximum absolute atomic E-state index is 12.9. The Morgan fingerprint density at radius 3 is 2.40 bits per heavy atom. The summed E-state index contributed by atoms with van der Waals surface area (Å²) >= 11 is 3.28. The number of amides is 1. The molecule has 1 amide bonds. The minimum atomic E-state index is -3.77. The van der Waals surface area contributed by atoms with E-state index in [-0.39, 0.29) is 17.3 Å². The number of halogens is 1. The van der Waals surface area contributed by atoms with Crippen LogP contribution in [0.5, 0.6) is 0 Å². The number of sulfonamides is 1. The molecule has 1 unspecified atom stereocenters. The second-order valence-electron chi connectivity index (χ2n) is 5.70. The van der Waals surface area contributed by atoms with Crippen LogP contribution in [0, 0.1) is 6.92 Å². The molecule has 0 saturated heterocycles. The van der Waals surface area contributed by atoms with E-state index in [9.17, 15) is 13.2 Å². The Balaban J connectivity index is 2.23. The van der Waals surface area contributed by atoms with Crippen LogP contribution in [-0.2, 0) is 14.8 Å². The molecule has 0 aliphatic rings. The van der Waals surface area contributed by atoms with E-state index in [0.717, 1.165) is 5.56 Å². The zero-order chi connectivity index (χ0) is 18.6. The summed E-state index contributed by atoms with van der Waals surface area (Å²) in [6.07, 6.45) is 0. The minimum Gasteiger partial charge on any atom is -0.325 e. The molecule has 0 saturated carbocycles. The second kappa shape index (κ2) is 8.12. The average molecular weight is 425 g/mol. The van der Waals surface area contributed by atoms with Gasteiger partial charge in [0.15, 0.2) is 0 Å². The molecule has 0 aromatic heterocycles. The highest BCUT2D eigenvalue weighted by atomic mass is 79.9. The lowest BCUT2D eigenvalue weighted by atomic mass is 10.2. The van der Waals surface area contributed by atoms with Crippen molar-refractivity contribution >= 4 is 37.5 Å². The Kier molecular flexibility index (Phi) is 6.37. The van der Waals surface area contributed by atoms with Crippen LogP contribution in [0.2, 0.25) is 0 Å². The van der Waals surface area contributed by atoms with Gasteiger partial charge >= 0.3 is 0 Å². The van der Waals surface area contributed by atoms with Crippen molar-refractivity contribution in [2.24, 2.45) is 0 Å². The SMILES string of the molecule is CCN(C(C)C(=O)Nc1ccc(C)cc1)S(=O)(=O)c1cccc(Br)c1. The summed E-state index contributed by atoms with van der Waals surface area (Å²) in [6, 6.07) is 13.0. The normalized spacial score (nSPS) is 12.8. The van der Waals surface area contributed by atoms with Crippen molar-refractivity contribution in [3.63, 3.8) is 0 Å². The van der Waals surface area contributed by atoms with Gasteiger partial charge in [0.25, 0.3) is 0 Å². The summed E-state index contributed by atoms with van der Waals surface area (Å²) in [6.45, 7) is 5.45. The third-order valence-electron chi connectivity index (χ3n) is 3.84. The second-order valence-corrected chi connectivity index (χ2v) is 8.50. The fraction of sp³-hybridized carbons (Fsp3) is 0.278. The van der Waals surface area contributed by atoms with Crippen LogP contribution in [0.25, 0.3) is 0 Å². The molecule has 1 atom stereocenters. The highest BCUT2D eigenvalue weighted by molar-refractivity contribution is 9.10. The van der Waals surface area contributed by atoms with Crippen molar-refractivity contribution in [2.75, 3.05) is 11.9 Å². The largest absolute Gasteiger partial charge is 0.325 e. The topological polar surface area (TPSA) is 66.5 Å². The quantitative estimate of drug-likeness (QED) is 0.766. The Morgan fingerprint density at radius 2 is 1.84 bits per heavy atom. The van der Waals surface area contributed by atoms with E-state index in [4.69, 9.17) is 0 Å². The molecule has 134 valence electrons. The number of nitrogens with zero attached hydrogens (tertiary/aromatic N) is 1. The number of nitrogens with one attached hydrogen (secondary N) is 1. The van der Waals surface area contributed by atoms with Crippen LogP contribution in [0.4, 0.5) is 5.69 Å². The molecule has 0 spiro atoms. The van der Waals surface area contributed by atoms with E-state index < -0.39 is 16.1 Å². The Hall–Kier alpha value is -1.70. The zero-order valence-corrected chi connectivity index (χ0v) is 16.8. The van der Waals surface area contributed by atoms with E-state index in [2.05, 4.69) is 21.2 Å². The maximum atomic E-state index is 12.9. The summed E-state index contributed by atoms with van der Waals surface area (Å²) in [7, 11) is -3.77. The van der Waals surface area contributed by atoms with E-state index in [0.29, 0.717) is 10.2 Å². The van der Waals surface area contributed by atoms with Crippen molar-refractivity contribution < 1.29 is 13.2 Å². The van der Waals surface area contributed by atoms with Gasteiger partial charge in [-0.05, 0) is 44.2 Å². The molecular formula is C18H21BrN2O3S. The molecule has 1 N–H and O–H groups in total. The maximum Gasteiger partial charge on any atom is 0.243 e.